The molecule has 1 N–H and O–H groups in total. The van der Waals surface area contributed by atoms with Crippen LogP contribution in [0.2, 0.25) is 0 Å². The van der Waals surface area contributed by atoms with Gasteiger partial charge in [-0.15, -0.1) is 0 Å². The third-order valence-electron chi connectivity index (χ3n) is 3.20. The smallest absolute Gasteiger partial charge is 0.128 e. The van der Waals surface area contributed by atoms with E-state index in [1.165, 1.54) is 0 Å². The molecular weight excluding hydrogens is 214 g/mol. The van der Waals surface area contributed by atoms with Gasteiger partial charge in [0.25, 0.3) is 0 Å². The molecule has 1 aromatic heterocycles. The predicted molar refractivity (Wildman–Crippen MR) is 69.4 cm³/mol. The highest BCUT2D eigenvalue weighted by atomic mass is 16.5. The number of rotatable bonds is 5. The average Bonchev–Trinajstić information content (AvgIpc) is 2.28. The van der Waals surface area contributed by atoms with Gasteiger partial charge in [0.1, 0.15) is 5.75 Å². The monoisotopic (exact) mass is 237 g/mol. The van der Waals surface area contributed by atoms with Crippen LogP contribution in [0.4, 0.5) is 0 Å². The van der Waals surface area contributed by atoms with Crippen molar-refractivity contribution in [3.05, 3.63) is 23.0 Å². The molecule has 3 heteroatoms. The molecule has 1 heterocycles. The van der Waals surface area contributed by atoms with E-state index in [0.29, 0.717) is 5.92 Å². The summed E-state index contributed by atoms with van der Waals surface area (Å²) in [6.45, 7) is 8.07. The lowest BCUT2D eigenvalue weighted by molar-refractivity contribution is 0.116. The van der Waals surface area contributed by atoms with Crippen LogP contribution in [0.1, 0.15) is 37.1 Å². The topological polar surface area (TPSA) is 42.4 Å². The minimum Gasteiger partial charge on any atom is -0.496 e. The molecule has 0 aliphatic rings. The molecule has 0 spiro atoms. The Labute approximate surface area is 104 Å². The summed E-state index contributed by atoms with van der Waals surface area (Å²) in [4.78, 5) is 4.43. The number of ether oxygens (including phenoxy) is 1. The van der Waals surface area contributed by atoms with Gasteiger partial charge in [0.05, 0.1) is 13.2 Å². The second-order valence-corrected chi connectivity index (χ2v) is 4.90. The number of aromatic nitrogens is 1. The van der Waals surface area contributed by atoms with Gasteiger partial charge in [0, 0.05) is 23.0 Å². The fourth-order valence-corrected chi connectivity index (χ4v) is 1.94. The van der Waals surface area contributed by atoms with Crippen LogP contribution in [0.5, 0.6) is 5.75 Å². The summed E-state index contributed by atoms with van der Waals surface area (Å²) in [6, 6.07) is 0. The molecule has 96 valence electrons. The molecule has 0 bridgehead atoms. The number of aliphatic hydroxyl groups excluding tert-OH is 1. The summed E-state index contributed by atoms with van der Waals surface area (Å²) in [7, 11) is 1.68. The third kappa shape index (κ3) is 3.43. The van der Waals surface area contributed by atoms with Crippen LogP contribution >= 0.6 is 0 Å². The Balaban J connectivity index is 2.79. The second kappa shape index (κ2) is 6.01. The molecule has 17 heavy (non-hydrogen) atoms. The normalized spacial score (nSPS) is 12.9. The SMILES string of the molecule is COc1c(C)cnc(CCC(O)C(C)C)c1C. The van der Waals surface area contributed by atoms with Gasteiger partial charge in [-0.3, -0.25) is 4.98 Å². The average molecular weight is 237 g/mol. The number of aliphatic hydroxyl groups is 1. The molecule has 0 aliphatic carbocycles. The summed E-state index contributed by atoms with van der Waals surface area (Å²) in [5.74, 6) is 1.21. The van der Waals surface area contributed by atoms with Crippen molar-refractivity contribution in [1.29, 1.82) is 0 Å². The molecule has 0 amide bonds. The Morgan fingerprint density at radius 2 is 2.00 bits per heavy atom. The molecule has 0 saturated carbocycles. The van der Waals surface area contributed by atoms with Crippen molar-refractivity contribution in [3.8, 4) is 5.75 Å². The quantitative estimate of drug-likeness (QED) is 0.856. The fraction of sp³-hybridized carbons (Fsp3) is 0.643. The Morgan fingerprint density at radius 3 is 2.53 bits per heavy atom. The zero-order chi connectivity index (χ0) is 13.0. The summed E-state index contributed by atoms with van der Waals surface area (Å²) >= 11 is 0. The molecule has 0 aliphatic heterocycles. The van der Waals surface area contributed by atoms with Gasteiger partial charge in [0.2, 0.25) is 0 Å². The van der Waals surface area contributed by atoms with E-state index in [9.17, 15) is 5.11 Å². The van der Waals surface area contributed by atoms with Crippen molar-refractivity contribution in [1.82, 2.24) is 4.98 Å². The van der Waals surface area contributed by atoms with Crippen molar-refractivity contribution in [2.75, 3.05) is 7.11 Å². The highest BCUT2D eigenvalue weighted by Gasteiger charge is 2.13. The first-order valence-corrected chi connectivity index (χ1v) is 6.14. The Hall–Kier alpha value is -1.09. The highest BCUT2D eigenvalue weighted by Crippen LogP contribution is 2.25. The van der Waals surface area contributed by atoms with E-state index < -0.39 is 0 Å². The molecule has 1 atom stereocenters. The van der Waals surface area contributed by atoms with E-state index in [1.54, 1.807) is 7.11 Å². The lowest BCUT2D eigenvalue weighted by Gasteiger charge is -2.16. The van der Waals surface area contributed by atoms with Crippen LogP contribution < -0.4 is 4.74 Å². The Kier molecular flexibility index (Phi) is 4.94. The number of methoxy groups -OCH3 is 1. The summed E-state index contributed by atoms with van der Waals surface area (Å²) in [5, 5.41) is 9.80. The van der Waals surface area contributed by atoms with E-state index in [1.807, 2.05) is 33.9 Å². The van der Waals surface area contributed by atoms with E-state index in [2.05, 4.69) is 4.98 Å². The van der Waals surface area contributed by atoms with Crippen molar-refractivity contribution < 1.29 is 9.84 Å². The zero-order valence-electron chi connectivity index (χ0n) is 11.4. The van der Waals surface area contributed by atoms with Gasteiger partial charge in [-0.1, -0.05) is 13.8 Å². The largest absolute Gasteiger partial charge is 0.496 e. The minimum atomic E-state index is -0.261. The van der Waals surface area contributed by atoms with E-state index in [4.69, 9.17) is 4.74 Å². The van der Waals surface area contributed by atoms with Crippen LogP contribution in [-0.4, -0.2) is 23.3 Å². The van der Waals surface area contributed by atoms with Gasteiger partial charge in [0.15, 0.2) is 0 Å². The highest BCUT2D eigenvalue weighted by molar-refractivity contribution is 5.41. The number of pyridine rings is 1. The summed E-state index contributed by atoms with van der Waals surface area (Å²) in [5.41, 5.74) is 3.16. The van der Waals surface area contributed by atoms with Crippen LogP contribution in [0, 0.1) is 19.8 Å². The molecule has 0 radical (unpaired) electrons. The lowest BCUT2D eigenvalue weighted by atomic mass is 9.99. The van der Waals surface area contributed by atoms with Gasteiger partial charge < -0.3 is 9.84 Å². The summed E-state index contributed by atoms with van der Waals surface area (Å²) in [6.07, 6.45) is 3.12. The van der Waals surface area contributed by atoms with Crippen LogP contribution in [0.25, 0.3) is 0 Å². The molecule has 1 aromatic rings. The number of hydrogen-bond acceptors (Lipinski definition) is 3. The number of hydrogen-bond donors (Lipinski definition) is 1. The van der Waals surface area contributed by atoms with Crippen molar-refractivity contribution in [3.63, 3.8) is 0 Å². The second-order valence-electron chi connectivity index (χ2n) is 4.90. The zero-order valence-corrected chi connectivity index (χ0v) is 11.4. The fourth-order valence-electron chi connectivity index (χ4n) is 1.94. The van der Waals surface area contributed by atoms with Crippen molar-refractivity contribution >= 4 is 0 Å². The molecule has 3 nitrogen and oxygen atoms in total. The molecule has 0 saturated heterocycles. The number of nitrogens with zero attached hydrogens (tertiary/aromatic N) is 1. The van der Waals surface area contributed by atoms with Crippen LogP contribution in [0.3, 0.4) is 0 Å². The molecular formula is C14H23NO2. The minimum absolute atomic E-state index is 0.261. The van der Waals surface area contributed by atoms with Gasteiger partial charge in [-0.05, 0) is 32.6 Å². The Bertz CT molecular complexity index is 375. The van der Waals surface area contributed by atoms with Gasteiger partial charge in [-0.25, -0.2) is 0 Å². The van der Waals surface area contributed by atoms with Crippen LogP contribution in [-0.2, 0) is 6.42 Å². The van der Waals surface area contributed by atoms with Crippen molar-refractivity contribution in [2.24, 2.45) is 5.92 Å². The molecule has 0 aromatic carbocycles. The maximum atomic E-state index is 9.80. The Morgan fingerprint density at radius 1 is 1.35 bits per heavy atom. The van der Waals surface area contributed by atoms with Gasteiger partial charge >= 0.3 is 0 Å². The van der Waals surface area contributed by atoms with Crippen LogP contribution in [0.15, 0.2) is 6.20 Å². The first-order chi connectivity index (χ1) is 7.97. The molecule has 1 rings (SSSR count). The third-order valence-corrected chi connectivity index (χ3v) is 3.20. The first kappa shape index (κ1) is 14.0. The maximum absolute atomic E-state index is 9.80. The first-order valence-electron chi connectivity index (χ1n) is 6.14. The standard InChI is InChI=1S/C14H23NO2/c1-9(2)13(16)7-6-12-11(4)14(17-5)10(3)8-15-12/h8-9,13,16H,6-7H2,1-5H3. The summed E-state index contributed by atoms with van der Waals surface area (Å²) < 4.78 is 5.37. The maximum Gasteiger partial charge on any atom is 0.128 e. The lowest BCUT2D eigenvalue weighted by Crippen LogP contribution is -2.16. The van der Waals surface area contributed by atoms with E-state index in [0.717, 1.165) is 35.4 Å². The van der Waals surface area contributed by atoms with E-state index >= 15 is 0 Å². The van der Waals surface area contributed by atoms with Crippen molar-refractivity contribution in [2.45, 2.75) is 46.6 Å². The number of aryl methyl sites for hydroxylation is 2. The van der Waals surface area contributed by atoms with E-state index in [-0.39, 0.29) is 6.10 Å². The molecule has 0 fully saturated rings. The predicted octanol–water partition coefficient (Wildman–Crippen LogP) is 2.66. The van der Waals surface area contributed by atoms with Gasteiger partial charge in [-0.2, -0.15) is 0 Å². The molecule has 1 unspecified atom stereocenters.